The number of imidazole rings is 1. The summed E-state index contributed by atoms with van der Waals surface area (Å²) < 4.78 is 1.89. The van der Waals surface area contributed by atoms with Gasteiger partial charge in [0.05, 0.1) is 17.8 Å². The average molecular weight is 350 g/mol. The van der Waals surface area contributed by atoms with Gasteiger partial charge in [-0.15, -0.1) is 0 Å². The second kappa shape index (κ2) is 7.04. The van der Waals surface area contributed by atoms with E-state index in [1.165, 1.54) is 0 Å². The second-order valence-corrected chi connectivity index (χ2v) is 6.91. The minimum Gasteiger partial charge on any atom is -0.351 e. The van der Waals surface area contributed by atoms with Crippen molar-refractivity contribution in [3.63, 3.8) is 0 Å². The summed E-state index contributed by atoms with van der Waals surface area (Å²) in [7, 11) is 1.93. The van der Waals surface area contributed by atoms with Crippen molar-refractivity contribution in [2.24, 2.45) is 13.0 Å². The first-order valence-corrected chi connectivity index (χ1v) is 8.95. The normalized spacial score (nSPS) is 20.0. The fraction of sp³-hybridized carbons (Fsp3) is 0.444. The van der Waals surface area contributed by atoms with Crippen molar-refractivity contribution in [3.8, 4) is 6.07 Å². The predicted octanol–water partition coefficient (Wildman–Crippen LogP) is 3.32. The van der Waals surface area contributed by atoms with Crippen LogP contribution in [0.5, 0.6) is 0 Å². The van der Waals surface area contributed by atoms with Crippen LogP contribution in [0.2, 0.25) is 0 Å². The fourth-order valence-corrected chi connectivity index (χ4v) is 3.52. The van der Waals surface area contributed by atoms with E-state index in [2.05, 4.69) is 36.6 Å². The summed E-state index contributed by atoms with van der Waals surface area (Å²) in [5, 5.41) is 16.5. The number of aromatic nitrogens is 5. The molecule has 0 aliphatic heterocycles. The molecule has 0 bridgehead atoms. The van der Waals surface area contributed by atoms with Gasteiger partial charge in [0.2, 0.25) is 5.95 Å². The zero-order valence-electron chi connectivity index (χ0n) is 14.7. The molecule has 4 rings (SSSR count). The van der Waals surface area contributed by atoms with Crippen molar-refractivity contribution >= 4 is 28.6 Å². The summed E-state index contributed by atoms with van der Waals surface area (Å²) in [5.74, 6) is 2.63. The number of anilines is 3. The lowest BCUT2D eigenvalue weighted by atomic mass is 9.84. The lowest BCUT2D eigenvalue weighted by Gasteiger charge is -2.27. The molecular formula is C18H22N8. The minimum absolute atomic E-state index is 0.347. The topological polar surface area (TPSA) is 107 Å². The largest absolute Gasteiger partial charge is 0.351 e. The van der Waals surface area contributed by atoms with Crippen LogP contribution in [0.25, 0.3) is 11.0 Å². The molecule has 0 saturated heterocycles. The van der Waals surface area contributed by atoms with E-state index in [0.29, 0.717) is 24.3 Å². The van der Waals surface area contributed by atoms with Crippen LogP contribution >= 0.6 is 0 Å². The van der Waals surface area contributed by atoms with Gasteiger partial charge in [-0.1, -0.05) is 0 Å². The van der Waals surface area contributed by atoms with Crippen LogP contribution < -0.4 is 10.6 Å². The Morgan fingerprint density at radius 3 is 2.88 bits per heavy atom. The first-order chi connectivity index (χ1) is 12.7. The van der Waals surface area contributed by atoms with E-state index in [1.54, 1.807) is 6.33 Å². The number of hydrogen-bond donors (Lipinski definition) is 3. The first kappa shape index (κ1) is 16.4. The van der Waals surface area contributed by atoms with Gasteiger partial charge in [0.15, 0.2) is 0 Å². The molecule has 0 atom stereocenters. The predicted molar refractivity (Wildman–Crippen MR) is 100.0 cm³/mol. The van der Waals surface area contributed by atoms with Crippen LogP contribution in [0.4, 0.5) is 17.6 Å². The van der Waals surface area contributed by atoms with Gasteiger partial charge < -0.3 is 20.2 Å². The molecule has 3 aromatic heterocycles. The fourth-order valence-electron chi connectivity index (χ4n) is 3.52. The molecule has 0 aromatic carbocycles. The zero-order valence-corrected chi connectivity index (χ0v) is 14.7. The number of rotatable bonds is 5. The van der Waals surface area contributed by atoms with Gasteiger partial charge in [-0.25, -0.2) is 4.98 Å². The Kier molecular flexibility index (Phi) is 4.44. The molecule has 0 radical (unpaired) electrons. The van der Waals surface area contributed by atoms with Gasteiger partial charge in [0.1, 0.15) is 17.3 Å². The summed E-state index contributed by atoms with van der Waals surface area (Å²) in [6.45, 7) is 0. The summed E-state index contributed by atoms with van der Waals surface area (Å²) >= 11 is 0. The highest BCUT2D eigenvalue weighted by Gasteiger charge is 2.22. The molecule has 26 heavy (non-hydrogen) atoms. The Hall–Kier alpha value is -3.08. The van der Waals surface area contributed by atoms with Crippen LogP contribution in [-0.4, -0.2) is 30.5 Å². The highest BCUT2D eigenvalue weighted by molar-refractivity contribution is 5.89. The number of fused-ring (bicyclic) bond motifs is 1. The van der Waals surface area contributed by atoms with Gasteiger partial charge in [-0.2, -0.15) is 15.2 Å². The van der Waals surface area contributed by atoms with Gasteiger partial charge in [0.25, 0.3) is 0 Å². The number of nitrogens with one attached hydrogen (secondary N) is 3. The lowest BCUT2D eigenvalue weighted by Crippen LogP contribution is -2.27. The number of nitrogens with zero attached hydrogens (tertiary/aromatic N) is 5. The number of aryl methyl sites for hydroxylation is 1. The maximum absolute atomic E-state index is 8.85. The molecule has 134 valence electrons. The third-order valence-corrected chi connectivity index (χ3v) is 4.93. The summed E-state index contributed by atoms with van der Waals surface area (Å²) in [6, 6.07) is 4.59. The van der Waals surface area contributed by atoms with Crippen molar-refractivity contribution in [1.82, 2.24) is 24.5 Å². The molecule has 0 unspecified atom stereocenters. The lowest BCUT2D eigenvalue weighted by molar-refractivity contribution is 0.342. The Morgan fingerprint density at radius 1 is 1.31 bits per heavy atom. The van der Waals surface area contributed by atoms with E-state index in [1.807, 2.05) is 30.1 Å². The van der Waals surface area contributed by atoms with Crippen LogP contribution in [0.1, 0.15) is 32.1 Å². The number of hydrogen-bond acceptors (Lipinski definition) is 6. The number of H-pyrrole nitrogens is 1. The van der Waals surface area contributed by atoms with Crippen LogP contribution in [-0.2, 0) is 7.05 Å². The van der Waals surface area contributed by atoms with Crippen molar-refractivity contribution < 1.29 is 0 Å². The third kappa shape index (κ3) is 3.47. The monoisotopic (exact) mass is 350 g/mol. The van der Waals surface area contributed by atoms with Gasteiger partial charge in [0, 0.05) is 31.9 Å². The van der Waals surface area contributed by atoms with Crippen molar-refractivity contribution in [2.45, 2.75) is 38.1 Å². The smallest absolute Gasteiger partial charge is 0.226 e. The molecular weight excluding hydrogens is 328 g/mol. The van der Waals surface area contributed by atoms with Gasteiger partial charge >= 0.3 is 0 Å². The molecule has 3 aromatic rings. The van der Waals surface area contributed by atoms with E-state index < -0.39 is 0 Å². The van der Waals surface area contributed by atoms with E-state index in [-0.39, 0.29) is 0 Å². The molecule has 8 nitrogen and oxygen atoms in total. The summed E-state index contributed by atoms with van der Waals surface area (Å²) in [5.41, 5.74) is 0.791. The molecule has 1 fully saturated rings. The van der Waals surface area contributed by atoms with Gasteiger partial charge in [-0.05, 0) is 37.7 Å². The first-order valence-electron chi connectivity index (χ1n) is 8.95. The number of nitriles is 1. The van der Waals surface area contributed by atoms with E-state index >= 15 is 0 Å². The molecule has 1 aliphatic rings. The maximum Gasteiger partial charge on any atom is 0.226 e. The average Bonchev–Trinajstić information content (AvgIpc) is 3.26. The molecule has 1 aliphatic carbocycles. The maximum atomic E-state index is 8.85. The minimum atomic E-state index is 0.347. The molecule has 0 spiro atoms. The standard InChI is InChI=1S/C18H22N8/c1-26-10-15(21-11-26)23-17-14-7-9-20-16(14)24-18(25-17)22-13-4-2-12(3-5-13)6-8-19/h7,9-13H,2-6H2,1H3,(H3,20,22,23,24,25). The Morgan fingerprint density at radius 2 is 2.15 bits per heavy atom. The Labute approximate surface area is 151 Å². The van der Waals surface area contributed by atoms with E-state index in [0.717, 1.165) is 48.4 Å². The Balaban J connectivity index is 1.52. The third-order valence-electron chi connectivity index (χ3n) is 4.93. The number of aromatic amines is 1. The van der Waals surface area contributed by atoms with Gasteiger partial charge in [-0.3, -0.25) is 0 Å². The van der Waals surface area contributed by atoms with Crippen LogP contribution in [0.15, 0.2) is 24.8 Å². The Bertz CT molecular complexity index is 926. The van der Waals surface area contributed by atoms with E-state index in [9.17, 15) is 0 Å². The summed E-state index contributed by atoms with van der Waals surface area (Å²) in [4.78, 5) is 16.7. The molecule has 3 heterocycles. The molecule has 0 amide bonds. The quantitative estimate of drug-likeness (QED) is 0.651. The highest BCUT2D eigenvalue weighted by atomic mass is 15.2. The van der Waals surface area contributed by atoms with Crippen molar-refractivity contribution in [2.75, 3.05) is 10.6 Å². The zero-order chi connectivity index (χ0) is 17.9. The highest BCUT2D eigenvalue weighted by Crippen LogP contribution is 2.29. The summed E-state index contributed by atoms with van der Waals surface area (Å²) in [6.07, 6.45) is 10.4. The van der Waals surface area contributed by atoms with Crippen molar-refractivity contribution in [3.05, 3.63) is 24.8 Å². The molecule has 3 N–H and O–H groups in total. The second-order valence-electron chi connectivity index (χ2n) is 6.91. The molecule has 8 heteroatoms. The van der Waals surface area contributed by atoms with Crippen LogP contribution in [0.3, 0.4) is 0 Å². The SMILES string of the molecule is Cn1cnc(Nc2nc(NC3CCC(CC#N)CC3)nc3[nH]ccc23)c1. The molecule has 1 saturated carbocycles. The van der Waals surface area contributed by atoms with Crippen molar-refractivity contribution in [1.29, 1.82) is 5.26 Å². The van der Waals surface area contributed by atoms with Crippen LogP contribution in [0, 0.1) is 17.2 Å². The van der Waals surface area contributed by atoms with E-state index in [4.69, 9.17) is 5.26 Å².